The van der Waals surface area contributed by atoms with Crippen LogP contribution in [0.1, 0.15) is 29.8 Å². The van der Waals surface area contributed by atoms with E-state index in [4.69, 9.17) is 4.74 Å². The zero-order valence-electron chi connectivity index (χ0n) is 13.4. The lowest BCUT2D eigenvalue weighted by Gasteiger charge is -2.15. The summed E-state index contributed by atoms with van der Waals surface area (Å²) in [6.45, 7) is 4.06. The van der Waals surface area contributed by atoms with E-state index in [9.17, 15) is 5.26 Å². The molecule has 1 aliphatic heterocycles. The van der Waals surface area contributed by atoms with Gasteiger partial charge in [-0.25, -0.2) is 4.68 Å². The molecule has 2 heterocycles. The summed E-state index contributed by atoms with van der Waals surface area (Å²) in [6, 6.07) is 10.0. The summed E-state index contributed by atoms with van der Waals surface area (Å²) in [7, 11) is 1.65. The summed E-state index contributed by atoms with van der Waals surface area (Å²) >= 11 is 0. The van der Waals surface area contributed by atoms with Crippen LogP contribution in [0.15, 0.2) is 24.3 Å². The van der Waals surface area contributed by atoms with E-state index < -0.39 is 0 Å². The van der Waals surface area contributed by atoms with Crippen LogP contribution in [0.3, 0.4) is 0 Å². The second-order valence-corrected chi connectivity index (χ2v) is 5.79. The van der Waals surface area contributed by atoms with Crippen LogP contribution in [0.25, 0.3) is 0 Å². The highest BCUT2D eigenvalue weighted by Gasteiger charge is 2.16. The van der Waals surface area contributed by atoms with E-state index in [0.29, 0.717) is 12.1 Å². The van der Waals surface area contributed by atoms with Crippen LogP contribution in [0.2, 0.25) is 0 Å². The van der Waals surface area contributed by atoms with Crippen molar-refractivity contribution in [3.8, 4) is 11.8 Å². The van der Waals surface area contributed by atoms with Crippen molar-refractivity contribution in [1.82, 2.24) is 19.9 Å². The van der Waals surface area contributed by atoms with Crippen LogP contribution in [-0.4, -0.2) is 46.6 Å². The fourth-order valence-corrected chi connectivity index (χ4v) is 2.95. The highest BCUT2D eigenvalue weighted by atomic mass is 16.5. The first-order valence-corrected chi connectivity index (χ1v) is 7.98. The molecule has 0 N–H and O–H groups in total. The van der Waals surface area contributed by atoms with E-state index in [1.807, 2.05) is 28.9 Å². The van der Waals surface area contributed by atoms with Crippen molar-refractivity contribution in [3.63, 3.8) is 0 Å². The number of hydrogen-bond donors (Lipinski definition) is 0. The maximum Gasteiger partial charge on any atom is 0.186 e. The minimum absolute atomic E-state index is 0.419. The Kier molecular flexibility index (Phi) is 4.89. The minimum Gasteiger partial charge on any atom is -0.497 e. The molecule has 1 fully saturated rings. The van der Waals surface area contributed by atoms with Gasteiger partial charge in [0, 0.05) is 13.0 Å². The topological polar surface area (TPSA) is 67.0 Å². The molecule has 0 aliphatic carbocycles. The summed E-state index contributed by atoms with van der Waals surface area (Å²) < 4.78 is 7.06. The van der Waals surface area contributed by atoms with Gasteiger partial charge in [-0.2, -0.15) is 5.26 Å². The molecule has 1 saturated heterocycles. The predicted octanol–water partition coefficient (Wildman–Crippen LogP) is 1.84. The number of aromatic nitrogens is 3. The second kappa shape index (κ2) is 7.25. The van der Waals surface area contributed by atoms with Crippen LogP contribution >= 0.6 is 0 Å². The Hall–Kier alpha value is -2.39. The Labute approximate surface area is 136 Å². The van der Waals surface area contributed by atoms with E-state index >= 15 is 0 Å². The third kappa shape index (κ3) is 3.69. The summed E-state index contributed by atoms with van der Waals surface area (Å²) in [4.78, 5) is 2.44. The quantitative estimate of drug-likeness (QED) is 0.814. The molecule has 1 aromatic heterocycles. The Morgan fingerprint density at radius 1 is 1.17 bits per heavy atom. The summed E-state index contributed by atoms with van der Waals surface area (Å²) in [6.07, 6.45) is 3.21. The lowest BCUT2D eigenvalue weighted by atomic mass is 10.1. The molecule has 0 atom stereocenters. The molecular formula is C17H21N5O. The summed E-state index contributed by atoms with van der Waals surface area (Å²) in [5.41, 5.74) is 2.42. The average Bonchev–Trinajstić information content (AvgIpc) is 3.23. The maximum atomic E-state index is 9.28. The van der Waals surface area contributed by atoms with Gasteiger partial charge < -0.3 is 9.64 Å². The van der Waals surface area contributed by atoms with Crippen molar-refractivity contribution in [3.05, 3.63) is 41.2 Å². The predicted molar refractivity (Wildman–Crippen MR) is 86.2 cm³/mol. The highest BCUT2D eigenvalue weighted by Crippen LogP contribution is 2.16. The van der Waals surface area contributed by atoms with E-state index in [1.54, 1.807) is 7.11 Å². The molecule has 23 heavy (non-hydrogen) atoms. The number of likely N-dealkylation sites (tertiary alicyclic amines) is 1. The monoisotopic (exact) mass is 311 g/mol. The number of benzene rings is 1. The number of nitriles is 1. The minimum atomic E-state index is 0.419. The number of rotatable bonds is 6. The second-order valence-electron chi connectivity index (χ2n) is 5.79. The van der Waals surface area contributed by atoms with Gasteiger partial charge in [0.25, 0.3) is 0 Å². The molecule has 3 rings (SSSR count). The van der Waals surface area contributed by atoms with Crippen LogP contribution in [0.5, 0.6) is 5.75 Å². The van der Waals surface area contributed by atoms with Gasteiger partial charge >= 0.3 is 0 Å². The molecule has 0 radical (unpaired) electrons. The molecule has 1 aromatic carbocycles. The van der Waals surface area contributed by atoms with Gasteiger partial charge in [-0.15, -0.1) is 5.10 Å². The Morgan fingerprint density at radius 3 is 2.57 bits per heavy atom. The maximum absolute atomic E-state index is 9.28. The van der Waals surface area contributed by atoms with Crippen LogP contribution in [-0.2, 0) is 13.0 Å². The van der Waals surface area contributed by atoms with E-state index in [-0.39, 0.29) is 0 Å². The lowest BCUT2D eigenvalue weighted by molar-refractivity contribution is 0.312. The van der Waals surface area contributed by atoms with Crippen molar-refractivity contribution in [2.45, 2.75) is 25.8 Å². The number of nitrogens with zero attached hydrogens (tertiary/aromatic N) is 5. The zero-order valence-corrected chi connectivity index (χ0v) is 13.4. The van der Waals surface area contributed by atoms with Gasteiger partial charge in [-0.05, 0) is 43.6 Å². The Bertz CT molecular complexity index is 680. The molecule has 2 aromatic rings. The zero-order chi connectivity index (χ0) is 16.1. The van der Waals surface area contributed by atoms with Gasteiger partial charge in [0.15, 0.2) is 5.69 Å². The van der Waals surface area contributed by atoms with Crippen LogP contribution in [0, 0.1) is 11.3 Å². The smallest absolute Gasteiger partial charge is 0.186 e. The molecule has 6 nitrogen and oxygen atoms in total. The standard InChI is InChI=1S/C17H21N5O/c1-23-15-6-4-14(5-7-15)12-17-16(13-18)19-20-22(17)11-10-21-8-2-3-9-21/h4-7H,2-3,8-12H2,1H3. The fourth-order valence-electron chi connectivity index (χ4n) is 2.95. The van der Waals surface area contributed by atoms with Gasteiger partial charge in [0.1, 0.15) is 11.8 Å². The summed E-state index contributed by atoms with van der Waals surface area (Å²) in [5.74, 6) is 0.829. The van der Waals surface area contributed by atoms with Gasteiger partial charge in [-0.1, -0.05) is 17.3 Å². The SMILES string of the molecule is COc1ccc(Cc2c(C#N)nnn2CCN2CCCC2)cc1. The van der Waals surface area contributed by atoms with E-state index in [1.165, 1.54) is 12.8 Å². The van der Waals surface area contributed by atoms with Crippen molar-refractivity contribution in [1.29, 1.82) is 5.26 Å². The number of ether oxygens (including phenoxy) is 1. The molecule has 120 valence electrons. The molecule has 0 unspecified atom stereocenters. The molecule has 0 spiro atoms. The third-order valence-corrected chi connectivity index (χ3v) is 4.30. The fraction of sp³-hybridized carbons (Fsp3) is 0.471. The highest BCUT2D eigenvalue weighted by molar-refractivity contribution is 5.33. The van der Waals surface area contributed by atoms with E-state index in [0.717, 1.165) is 43.2 Å². The average molecular weight is 311 g/mol. The number of hydrogen-bond acceptors (Lipinski definition) is 5. The molecule has 0 amide bonds. The third-order valence-electron chi connectivity index (χ3n) is 4.30. The molecule has 0 saturated carbocycles. The van der Waals surface area contributed by atoms with Crippen molar-refractivity contribution in [2.75, 3.05) is 26.7 Å². The van der Waals surface area contributed by atoms with Crippen molar-refractivity contribution in [2.24, 2.45) is 0 Å². The van der Waals surface area contributed by atoms with Crippen molar-refractivity contribution >= 4 is 0 Å². The number of methoxy groups -OCH3 is 1. The van der Waals surface area contributed by atoms with Gasteiger partial charge in [-0.3, -0.25) is 0 Å². The first-order chi connectivity index (χ1) is 11.3. The molecule has 1 aliphatic rings. The first-order valence-electron chi connectivity index (χ1n) is 7.98. The Morgan fingerprint density at radius 2 is 1.91 bits per heavy atom. The van der Waals surface area contributed by atoms with Crippen molar-refractivity contribution < 1.29 is 4.74 Å². The first kappa shape index (κ1) is 15.5. The largest absolute Gasteiger partial charge is 0.497 e. The summed E-state index contributed by atoms with van der Waals surface area (Å²) in [5, 5.41) is 17.5. The van der Waals surface area contributed by atoms with Gasteiger partial charge in [0.2, 0.25) is 0 Å². The molecule has 0 bridgehead atoms. The molecule has 6 heteroatoms. The Balaban J connectivity index is 1.73. The van der Waals surface area contributed by atoms with Crippen LogP contribution < -0.4 is 4.74 Å². The normalized spacial score (nSPS) is 14.8. The van der Waals surface area contributed by atoms with Crippen LogP contribution in [0.4, 0.5) is 0 Å². The van der Waals surface area contributed by atoms with Gasteiger partial charge in [0.05, 0.1) is 19.3 Å². The molecular weight excluding hydrogens is 290 g/mol. The van der Waals surface area contributed by atoms with E-state index in [2.05, 4.69) is 21.3 Å². The lowest BCUT2D eigenvalue weighted by Crippen LogP contribution is -2.25.